The van der Waals surface area contributed by atoms with Gasteiger partial charge in [-0.05, 0) is 13.0 Å². The molecular weight excluding hydrogens is 250 g/mol. The zero-order chi connectivity index (χ0) is 13.1. The summed E-state index contributed by atoms with van der Waals surface area (Å²) in [6, 6.07) is 5.84. The third kappa shape index (κ3) is 2.51. The first-order valence-electron chi connectivity index (χ1n) is 5.41. The highest BCUT2D eigenvalue weighted by atomic mass is 32.1. The third-order valence-corrected chi connectivity index (χ3v) is 3.49. The van der Waals surface area contributed by atoms with Crippen LogP contribution in [0.5, 0.6) is 5.75 Å². The van der Waals surface area contributed by atoms with Gasteiger partial charge >= 0.3 is 5.97 Å². The molecule has 0 radical (unpaired) electrons. The van der Waals surface area contributed by atoms with Crippen molar-refractivity contribution in [2.45, 2.75) is 13.3 Å². The van der Waals surface area contributed by atoms with Gasteiger partial charge in [-0.1, -0.05) is 17.7 Å². The maximum absolute atomic E-state index is 11.0. The van der Waals surface area contributed by atoms with Crippen molar-refractivity contribution >= 4 is 17.3 Å². The summed E-state index contributed by atoms with van der Waals surface area (Å²) < 4.78 is 5.28. The molecule has 1 N–H and O–H groups in total. The lowest BCUT2D eigenvalue weighted by molar-refractivity contribution is 0.0701. The molecule has 0 unspecified atom stereocenters. The second kappa shape index (κ2) is 5.18. The second-order valence-electron chi connectivity index (χ2n) is 3.93. The molecule has 4 nitrogen and oxygen atoms in total. The zero-order valence-corrected chi connectivity index (χ0v) is 11.0. The number of hydrogen-bond donors (Lipinski definition) is 1. The van der Waals surface area contributed by atoms with Gasteiger partial charge in [0.25, 0.3) is 0 Å². The lowest BCUT2D eigenvalue weighted by Gasteiger charge is -2.08. The van der Waals surface area contributed by atoms with E-state index >= 15 is 0 Å². The molecule has 1 aromatic carbocycles. The van der Waals surface area contributed by atoms with Crippen molar-refractivity contribution < 1.29 is 14.6 Å². The number of benzene rings is 1. The molecule has 1 heterocycles. The number of methoxy groups -OCH3 is 1. The average Bonchev–Trinajstić information content (AvgIpc) is 2.77. The summed E-state index contributed by atoms with van der Waals surface area (Å²) in [5.41, 5.74) is 4.20. The van der Waals surface area contributed by atoms with Gasteiger partial charge in [0.05, 0.1) is 18.3 Å². The Balaban J connectivity index is 2.36. The zero-order valence-electron chi connectivity index (χ0n) is 10.1. The Kier molecular flexibility index (Phi) is 3.62. The smallest absolute Gasteiger partial charge is 0.347 e. The lowest BCUT2D eigenvalue weighted by Crippen LogP contribution is -2.01. The Morgan fingerprint density at radius 2 is 2.28 bits per heavy atom. The quantitative estimate of drug-likeness (QED) is 0.921. The van der Waals surface area contributed by atoms with Gasteiger partial charge < -0.3 is 9.84 Å². The van der Waals surface area contributed by atoms with E-state index in [1.54, 1.807) is 12.6 Å². The molecule has 0 atom stereocenters. The van der Waals surface area contributed by atoms with Gasteiger partial charge in [0, 0.05) is 12.0 Å². The van der Waals surface area contributed by atoms with Crippen LogP contribution in [-0.2, 0) is 6.42 Å². The summed E-state index contributed by atoms with van der Waals surface area (Å²) in [4.78, 5) is 15.4. The maximum atomic E-state index is 11.0. The molecule has 1 aromatic heterocycles. The number of nitrogens with zero attached hydrogens (tertiary/aromatic N) is 1. The first-order chi connectivity index (χ1) is 8.61. The van der Waals surface area contributed by atoms with Crippen LogP contribution in [-0.4, -0.2) is 23.2 Å². The highest BCUT2D eigenvalue weighted by Crippen LogP contribution is 2.24. The van der Waals surface area contributed by atoms with E-state index in [0.29, 0.717) is 17.0 Å². The number of carbonyl (C=O) groups is 1. The minimum atomic E-state index is -0.931. The summed E-state index contributed by atoms with van der Waals surface area (Å²) in [7, 11) is 1.60. The molecule has 2 aromatic rings. The Morgan fingerprint density at radius 3 is 2.94 bits per heavy atom. The van der Waals surface area contributed by atoms with Crippen molar-refractivity contribution in [3.8, 4) is 5.75 Å². The van der Waals surface area contributed by atoms with Gasteiger partial charge in [0.1, 0.15) is 10.6 Å². The van der Waals surface area contributed by atoms with Crippen molar-refractivity contribution in [2.24, 2.45) is 0 Å². The first kappa shape index (κ1) is 12.6. The lowest BCUT2D eigenvalue weighted by atomic mass is 10.1. The summed E-state index contributed by atoms with van der Waals surface area (Å²) in [6.07, 6.45) is 0.468. The van der Waals surface area contributed by atoms with E-state index in [-0.39, 0.29) is 0 Å². The monoisotopic (exact) mass is 263 g/mol. The van der Waals surface area contributed by atoms with Gasteiger partial charge in [-0.3, -0.25) is 0 Å². The number of hydrogen-bond acceptors (Lipinski definition) is 4. The number of ether oxygens (including phenoxy) is 1. The fourth-order valence-corrected chi connectivity index (χ4v) is 2.44. The van der Waals surface area contributed by atoms with Gasteiger partial charge in [0.15, 0.2) is 0 Å². The SMILES string of the molecule is COc1ccc(C)cc1Cc1ncsc1C(=O)O. The van der Waals surface area contributed by atoms with Crippen molar-refractivity contribution in [3.05, 3.63) is 45.4 Å². The molecule has 0 spiro atoms. The van der Waals surface area contributed by atoms with Gasteiger partial charge in [0.2, 0.25) is 0 Å². The van der Waals surface area contributed by atoms with Crippen LogP contribution in [0.15, 0.2) is 23.7 Å². The van der Waals surface area contributed by atoms with E-state index in [4.69, 9.17) is 9.84 Å². The Labute approximate surface area is 109 Å². The fraction of sp³-hybridized carbons (Fsp3) is 0.231. The maximum Gasteiger partial charge on any atom is 0.347 e. The molecule has 94 valence electrons. The molecule has 0 bridgehead atoms. The normalized spacial score (nSPS) is 10.3. The van der Waals surface area contributed by atoms with Crippen LogP contribution in [0.25, 0.3) is 0 Å². The molecule has 18 heavy (non-hydrogen) atoms. The van der Waals surface area contributed by atoms with E-state index < -0.39 is 5.97 Å². The largest absolute Gasteiger partial charge is 0.496 e. The third-order valence-electron chi connectivity index (χ3n) is 2.63. The number of rotatable bonds is 4. The van der Waals surface area contributed by atoms with Crippen LogP contribution < -0.4 is 4.74 Å². The van der Waals surface area contributed by atoms with Crippen LogP contribution in [0.4, 0.5) is 0 Å². The van der Waals surface area contributed by atoms with Crippen molar-refractivity contribution in [1.82, 2.24) is 4.98 Å². The fourth-order valence-electron chi connectivity index (χ4n) is 1.80. The highest BCUT2D eigenvalue weighted by Gasteiger charge is 2.15. The van der Waals surface area contributed by atoms with Crippen LogP contribution in [0.1, 0.15) is 26.5 Å². The molecule has 0 aliphatic carbocycles. The summed E-state index contributed by atoms with van der Waals surface area (Å²) >= 11 is 1.14. The molecule has 5 heteroatoms. The molecular formula is C13H13NO3S. The highest BCUT2D eigenvalue weighted by molar-refractivity contribution is 7.11. The Morgan fingerprint density at radius 1 is 1.50 bits per heavy atom. The van der Waals surface area contributed by atoms with Crippen LogP contribution in [0.3, 0.4) is 0 Å². The average molecular weight is 263 g/mol. The first-order valence-corrected chi connectivity index (χ1v) is 6.29. The Hall–Kier alpha value is -1.88. The minimum Gasteiger partial charge on any atom is -0.496 e. The molecule has 0 saturated heterocycles. The second-order valence-corrected chi connectivity index (χ2v) is 4.78. The van der Waals surface area contributed by atoms with Gasteiger partial charge in [-0.25, -0.2) is 9.78 Å². The number of carboxylic acids is 1. The predicted octanol–water partition coefficient (Wildman–Crippen LogP) is 2.75. The van der Waals surface area contributed by atoms with E-state index in [2.05, 4.69) is 4.98 Å². The summed E-state index contributed by atoms with van der Waals surface area (Å²) in [6.45, 7) is 1.99. The number of carboxylic acid groups (broad SMARTS) is 1. The molecule has 0 fully saturated rings. The van der Waals surface area contributed by atoms with Crippen LogP contribution >= 0.6 is 11.3 Å². The topological polar surface area (TPSA) is 59.4 Å². The molecule has 0 saturated carbocycles. The van der Waals surface area contributed by atoms with E-state index in [1.165, 1.54) is 0 Å². The number of thiazole rings is 1. The number of aryl methyl sites for hydroxylation is 1. The van der Waals surface area contributed by atoms with E-state index in [0.717, 1.165) is 28.2 Å². The van der Waals surface area contributed by atoms with Crippen molar-refractivity contribution in [3.63, 3.8) is 0 Å². The Bertz CT molecular complexity index is 577. The summed E-state index contributed by atoms with van der Waals surface area (Å²) in [5, 5.41) is 9.05. The van der Waals surface area contributed by atoms with Crippen LogP contribution in [0, 0.1) is 6.92 Å². The van der Waals surface area contributed by atoms with Crippen molar-refractivity contribution in [2.75, 3.05) is 7.11 Å². The number of aromatic carboxylic acids is 1. The molecule has 0 aliphatic heterocycles. The van der Waals surface area contributed by atoms with Gasteiger partial charge in [-0.2, -0.15) is 0 Å². The summed E-state index contributed by atoms with van der Waals surface area (Å²) in [5.74, 6) is -0.177. The molecule has 0 aliphatic rings. The minimum absolute atomic E-state index is 0.290. The van der Waals surface area contributed by atoms with Crippen LogP contribution in [0.2, 0.25) is 0 Å². The predicted molar refractivity (Wildman–Crippen MR) is 69.6 cm³/mol. The van der Waals surface area contributed by atoms with Crippen molar-refractivity contribution in [1.29, 1.82) is 0 Å². The molecule has 2 rings (SSSR count). The molecule has 0 amide bonds. The van der Waals surface area contributed by atoms with Gasteiger partial charge in [-0.15, -0.1) is 11.3 Å². The van der Waals surface area contributed by atoms with E-state index in [1.807, 2.05) is 25.1 Å². The van der Waals surface area contributed by atoms with E-state index in [9.17, 15) is 4.79 Å². The number of aromatic nitrogens is 1. The standard InChI is InChI=1S/C13H13NO3S/c1-8-3-4-11(17-2)9(5-8)6-10-12(13(15)16)18-7-14-10/h3-5,7H,6H2,1-2H3,(H,15,16).